The molecule has 0 heterocycles. The van der Waals surface area contributed by atoms with E-state index in [1.165, 1.54) is 6.92 Å². The molecule has 0 saturated heterocycles. The van der Waals surface area contributed by atoms with Crippen LogP contribution in [0.4, 0.5) is 0 Å². The van der Waals surface area contributed by atoms with Gasteiger partial charge in [-0.15, -0.1) is 0 Å². The Labute approximate surface area is 136 Å². The molecule has 1 aromatic rings. The number of carboxylic acids is 1. The van der Waals surface area contributed by atoms with Gasteiger partial charge in [-0.25, -0.2) is 0 Å². The van der Waals surface area contributed by atoms with Gasteiger partial charge in [0.05, 0.1) is 0 Å². The lowest BCUT2D eigenvalue weighted by molar-refractivity contribution is -0.141. The van der Waals surface area contributed by atoms with Crippen molar-refractivity contribution in [2.45, 2.75) is 45.6 Å². The third kappa shape index (κ3) is 6.10. The van der Waals surface area contributed by atoms with E-state index < -0.39 is 17.9 Å². The summed E-state index contributed by atoms with van der Waals surface area (Å²) in [6.45, 7) is 7.82. The molecule has 23 heavy (non-hydrogen) atoms. The fourth-order valence-corrected chi connectivity index (χ4v) is 1.89. The SMILES string of the molecule is CC(NC(=O)CCNC(=O)c1ccc(C(C)(C)C)cc1)C(=O)O. The highest BCUT2D eigenvalue weighted by molar-refractivity contribution is 5.94. The van der Waals surface area contributed by atoms with Gasteiger partial charge in [0.25, 0.3) is 5.91 Å². The molecule has 0 saturated carbocycles. The van der Waals surface area contributed by atoms with Crippen molar-refractivity contribution in [3.8, 4) is 0 Å². The molecule has 0 aromatic heterocycles. The minimum Gasteiger partial charge on any atom is -0.480 e. The molecule has 6 nitrogen and oxygen atoms in total. The Bertz CT molecular complexity index is 573. The zero-order valence-electron chi connectivity index (χ0n) is 14.0. The zero-order chi connectivity index (χ0) is 17.6. The van der Waals surface area contributed by atoms with Gasteiger partial charge in [-0.1, -0.05) is 32.9 Å². The zero-order valence-corrected chi connectivity index (χ0v) is 14.0. The first-order valence-corrected chi connectivity index (χ1v) is 7.52. The van der Waals surface area contributed by atoms with Crippen molar-refractivity contribution in [3.63, 3.8) is 0 Å². The fourth-order valence-electron chi connectivity index (χ4n) is 1.89. The first kappa shape index (κ1) is 18.7. The first-order chi connectivity index (χ1) is 10.6. The average Bonchev–Trinajstić information content (AvgIpc) is 2.46. The summed E-state index contributed by atoms with van der Waals surface area (Å²) in [5.41, 5.74) is 1.68. The summed E-state index contributed by atoms with van der Waals surface area (Å²) < 4.78 is 0. The molecule has 0 aliphatic heterocycles. The number of hydrogen-bond acceptors (Lipinski definition) is 3. The standard InChI is InChI=1S/C17H24N2O4/c1-11(16(22)23)19-14(20)9-10-18-15(21)12-5-7-13(8-6-12)17(2,3)4/h5-8,11H,9-10H2,1-4H3,(H,18,21)(H,19,20)(H,22,23). The minimum absolute atomic E-state index is 0.0218. The van der Waals surface area contributed by atoms with E-state index in [1.807, 2.05) is 12.1 Å². The van der Waals surface area contributed by atoms with Crippen LogP contribution in [0.3, 0.4) is 0 Å². The predicted molar refractivity (Wildman–Crippen MR) is 87.3 cm³/mol. The molecule has 0 aliphatic rings. The number of amides is 2. The Morgan fingerprint density at radius 3 is 2.17 bits per heavy atom. The lowest BCUT2D eigenvalue weighted by atomic mass is 9.87. The summed E-state index contributed by atoms with van der Waals surface area (Å²) in [6.07, 6.45) is 0.0312. The largest absolute Gasteiger partial charge is 0.480 e. The Morgan fingerprint density at radius 2 is 1.70 bits per heavy atom. The number of rotatable bonds is 6. The van der Waals surface area contributed by atoms with E-state index in [0.29, 0.717) is 5.56 Å². The summed E-state index contributed by atoms with van der Waals surface area (Å²) in [6, 6.07) is 6.39. The maximum absolute atomic E-state index is 12.0. The van der Waals surface area contributed by atoms with Crippen molar-refractivity contribution >= 4 is 17.8 Å². The van der Waals surface area contributed by atoms with Gasteiger partial charge < -0.3 is 15.7 Å². The van der Waals surface area contributed by atoms with Crippen LogP contribution in [-0.4, -0.2) is 35.5 Å². The van der Waals surface area contributed by atoms with Gasteiger partial charge in [-0.3, -0.25) is 14.4 Å². The smallest absolute Gasteiger partial charge is 0.325 e. The lowest BCUT2D eigenvalue weighted by Crippen LogP contribution is -2.39. The van der Waals surface area contributed by atoms with Crippen LogP contribution < -0.4 is 10.6 Å². The Hall–Kier alpha value is -2.37. The highest BCUT2D eigenvalue weighted by Gasteiger charge is 2.15. The molecule has 1 aromatic carbocycles. The fraction of sp³-hybridized carbons (Fsp3) is 0.471. The molecule has 0 radical (unpaired) electrons. The number of hydrogen-bond donors (Lipinski definition) is 3. The first-order valence-electron chi connectivity index (χ1n) is 7.52. The summed E-state index contributed by atoms with van der Waals surface area (Å²) in [7, 11) is 0. The van der Waals surface area contributed by atoms with Crippen molar-refractivity contribution in [1.82, 2.24) is 10.6 Å². The van der Waals surface area contributed by atoms with Crippen molar-refractivity contribution in [2.75, 3.05) is 6.54 Å². The maximum Gasteiger partial charge on any atom is 0.325 e. The number of nitrogens with one attached hydrogen (secondary N) is 2. The molecule has 3 N–H and O–H groups in total. The van der Waals surface area contributed by atoms with Crippen molar-refractivity contribution in [3.05, 3.63) is 35.4 Å². The monoisotopic (exact) mass is 320 g/mol. The molecule has 1 rings (SSSR count). The summed E-state index contributed by atoms with van der Waals surface area (Å²) >= 11 is 0. The third-order valence-electron chi connectivity index (χ3n) is 3.40. The van der Waals surface area contributed by atoms with E-state index in [-0.39, 0.29) is 24.3 Å². The van der Waals surface area contributed by atoms with Gasteiger partial charge in [0.1, 0.15) is 6.04 Å². The topological polar surface area (TPSA) is 95.5 Å². The van der Waals surface area contributed by atoms with Crippen LogP contribution in [0.1, 0.15) is 50.0 Å². The number of carboxylic acid groups (broad SMARTS) is 1. The summed E-state index contributed by atoms with van der Waals surface area (Å²) in [5.74, 6) is -1.77. The van der Waals surface area contributed by atoms with E-state index in [1.54, 1.807) is 12.1 Å². The van der Waals surface area contributed by atoms with E-state index in [4.69, 9.17) is 5.11 Å². The molecule has 0 spiro atoms. The molecule has 126 valence electrons. The molecule has 6 heteroatoms. The molecule has 1 unspecified atom stereocenters. The lowest BCUT2D eigenvalue weighted by Gasteiger charge is -2.19. The van der Waals surface area contributed by atoms with Crippen LogP contribution >= 0.6 is 0 Å². The molecule has 0 bridgehead atoms. The Morgan fingerprint density at radius 1 is 1.13 bits per heavy atom. The van der Waals surface area contributed by atoms with Crippen LogP contribution in [0.5, 0.6) is 0 Å². The number of aliphatic carboxylic acids is 1. The van der Waals surface area contributed by atoms with Gasteiger partial charge in [-0.2, -0.15) is 0 Å². The van der Waals surface area contributed by atoms with Crippen molar-refractivity contribution in [1.29, 1.82) is 0 Å². The van der Waals surface area contributed by atoms with Crippen LogP contribution in [0.2, 0.25) is 0 Å². The molecule has 1 atom stereocenters. The second-order valence-electron chi connectivity index (χ2n) is 6.46. The molecule has 2 amide bonds. The normalized spacial score (nSPS) is 12.3. The third-order valence-corrected chi connectivity index (χ3v) is 3.40. The van der Waals surface area contributed by atoms with Crippen LogP contribution in [0, 0.1) is 0 Å². The molecule has 0 fully saturated rings. The Balaban J connectivity index is 2.45. The van der Waals surface area contributed by atoms with Crippen LogP contribution in [-0.2, 0) is 15.0 Å². The highest BCUT2D eigenvalue weighted by Crippen LogP contribution is 2.22. The van der Waals surface area contributed by atoms with Crippen molar-refractivity contribution in [2.24, 2.45) is 0 Å². The molecular weight excluding hydrogens is 296 g/mol. The van der Waals surface area contributed by atoms with Gasteiger partial charge in [-0.05, 0) is 30.0 Å². The van der Waals surface area contributed by atoms with Gasteiger partial charge in [0.15, 0.2) is 0 Å². The minimum atomic E-state index is -1.10. The maximum atomic E-state index is 12.0. The van der Waals surface area contributed by atoms with E-state index >= 15 is 0 Å². The van der Waals surface area contributed by atoms with E-state index in [0.717, 1.165) is 5.56 Å². The second kappa shape index (κ2) is 7.76. The quantitative estimate of drug-likeness (QED) is 0.743. The Kier molecular flexibility index (Phi) is 6.30. The van der Waals surface area contributed by atoms with Gasteiger partial charge >= 0.3 is 5.97 Å². The van der Waals surface area contributed by atoms with Crippen LogP contribution in [0.25, 0.3) is 0 Å². The summed E-state index contributed by atoms with van der Waals surface area (Å²) in [4.78, 5) is 34.1. The second-order valence-corrected chi connectivity index (χ2v) is 6.46. The number of benzene rings is 1. The van der Waals surface area contributed by atoms with Gasteiger partial charge in [0.2, 0.25) is 5.91 Å². The van der Waals surface area contributed by atoms with Gasteiger partial charge in [0, 0.05) is 18.5 Å². The molecular formula is C17H24N2O4. The number of carbonyl (C=O) groups excluding carboxylic acids is 2. The predicted octanol–water partition coefficient (Wildman–Crippen LogP) is 1.69. The average molecular weight is 320 g/mol. The van der Waals surface area contributed by atoms with E-state index in [2.05, 4.69) is 31.4 Å². The van der Waals surface area contributed by atoms with E-state index in [9.17, 15) is 14.4 Å². The summed E-state index contributed by atoms with van der Waals surface area (Å²) in [5, 5.41) is 13.7. The molecule has 0 aliphatic carbocycles. The van der Waals surface area contributed by atoms with Crippen molar-refractivity contribution < 1.29 is 19.5 Å². The highest BCUT2D eigenvalue weighted by atomic mass is 16.4. The number of carbonyl (C=O) groups is 3. The van der Waals surface area contributed by atoms with Crippen LogP contribution in [0.15, 0.2) is 24.3 Å².